The van der Waals surface area contributed by atoms with Gasteiger partial charge in [0.25, 0.3) is 5.91 Å². The number of carbonyl (C=O) groups excluding carboxylic acids is 3. The van der Waals surface area contributed by atoms with Gasteiger partial charge in [0.2, 0.25) is 11.8 Å². The highest BCUT2D eigenvalue weighted by Crippen LogP contribution is 2.53. The van der Waals surface area contributed by atoms with Crippen molar-refractivity contribution in [3.8, 4) is 0 Å². The molecule has 3 amide bonds. The largest absolute Gasteiger partial charge is 0.395 e. The minimum atomic E-state index is -1.22. The van der Waals surface area contributed by atoms with Crippen LogP contribution in [0.5, 0.6) is 0 Å². The number of fused-ring (bicyclic) bond motifs is 3. The monoisotopic (exact) mass is 421 g/mol. The maximum absolute atomic E-state index is 13.8. The molecule has 2 heterocycles. The average Bonchev–Trinajstić information content (AvgIpc) is 3.11. The van der Waals surface area contributed by atoms with Gasteiger partial charge in [-0.2, -0.15) is 0 Å². The number of rotatable bonds is 5. The number of benzene rings is 2. The second-order valence-corrected chi connectivity index (χ2v) is 8.25. The number of hydrogen-bond donors (Lipinski definition) is 2. The Kier molecular flexibility index (Phi) is 5.54. The van der Waals surface area contributed by atoms with Gasteiger partial charge < -0.3 is 20.2 Å². The molecule has 0 spiro atoms. The second-order valence-electron chi connectivity index (χ2n) is 8.25. The fraction of sp³-hybridized carbons (Fsp3) is 0.375. The molecule has 0 unspecified atom stereocenters. The molecular formula is C24H27N3O4. The number of anilines is 1. The summed E-state index contributed by atoms with van der Waals surface area (Å²) in [5, 5.41) is 12.3. The molecule has 7 nitrogen and oxygen atoms in total. The predicted molar refractivity (Wildman–Crippen MR) is 116 cm³/mol. The Labute approximate surface area is 181 Å². The van der Waals surface area contributed by atoms with E-state index in [0.29, 0.717) is 5.69 Å². The highest BCUT2D eigenvalue weighted by atomic mass is 16.3. The minimum Gasteiger partial charge on any atom is -0.395 e. The summed E-state index contributed by atoms with van der Waals surface area (Å²) >= 11 is 0. The van der Waals surface area contributed by atoms with Crippen LogP contribution >= 0.6 is 0 Å². The summed E-state index contributed by atoms with van der Waals surface area (Å²) < 4.78 is 0. The number of aliphatic hydroxyl groups is 1. The molecule has 3 atom stereocenters. The van der Waals surface area contributed by atoms with Gasteiger partial charge in [0.05, 0.1) is 18.9 Å². The number of carbonyl (C=O) groups is 3. The third kappa shape index (κ3) is 3.29. The Hall–Kier alpha value is -3.19. The summed E-state index contributed by atoms with van der Waals surface area (Å²) in [6, 6.07) is 16.8. The molecule has 0 bridgehead atoms. The maximum atomic E-state index is 13.8. The van der Waals surface area contributed by atoms with Gasteiger partial charge in [-0.15, -0.1) is 0 Å². The third-order valence-electron chi connectivity index (χ3n) is 6.59. The minimum absolute atomic E-state index is 0.128. The standard InChI is InChI=1S/C24H27N3O4/c1-24-21(17-10-6-7-11-19(17)26(12-13-28)23(24)31)18(22(30)25-2)15-27(24)20(29)14-16-8-4-3-5-9-16/h3-11,18,21,28H,12-15H2,1-2H3,(H,25,30)/t18-,21+,24-/m0/s1. The van der Waals surface area contributed by atoms with E-state index >= 15 is 0 Å². The fourth-order valence-electron chi connectivity index (χ4n) is 5.17. The third-order valence-corrected chi connectivity index (χ3v) is 6.59. The first-order valence-corrected chi connectivity index (χ1v) is 10.5. The van der Waals surface area contributed by atoms with Crippen molar-refractivity contribution in [3.63, 3.8) is 0 Å². The van der Waals surface area contributed by atoms with E-state index in [-0.39, 0.29) is 43.8 Å². The van der Waals surface area contributed by atoms with E-state index in [1.165, 1.54) is 0 Å². The van der Waals surface area contributed by atoms with E-state index in [1.807, 2.05) is 54.6 Å². The van der Waals surface area contributed by atoms with Crippen LogP contribution < -0.4 is 10.2 Å². The molecule has 7 heteroatoms. The maximum Gasteiger partial charge on any atom is 0.253 e. The van der Waals surface area contributed by atoms with Crippen molar-refractivity contribution < 1.29 is 19.5 Å². The molecule has 2 aliphatic rings. The van der Waals surface area contributed by atoms with Crippen molar-refractivity contribution in [2.75, 3.05) is 31.6 Å². The lowest BCUT2D eigenvalue weighted by Gasteiger charge is -2.46. The summed E-state index contributed by atoms with van der Waals surface area (Å²) in [5.41, 5.74) is 1.18. The van der Waals surface area contributed by atoms with Crippen LogP contribution in [0.4, 0.5) is 5.69 Å². The average molecular weight is 421 g/mol. The topological polar surface area (TPSA) is 90.0 Å². The van der Waals surface area contributed by atoms with Crippen LogP contribution in [-0.2, 0) is 20.8 Å². The lowest BCUT2D eigenvalue weighted by atomic mass is 9.71. The van der Waals surface area contributed by atoms with E-state index in [1.54, 1.807) is 23.8 Å². The van der Waals surface area contributed by atoms with E-state index in [9.17, 15) is 19.5 Å². The van der Waals surface area contributed by atoms with Crippen LogP contribution in [-0.4, -0.2) is 60.0 Å². The van der Waals surface area contributed by atoms with E-state index in [0.717, 1.165) is 11.1 Å². The van der Waals surface area contributed by atoms with Gasteiger partial charge in [0.1, 0.15) is 5.54 Å². The van der Waals surface area contributed by atoms with Crippen LogP contribution in [0.3, 0.4) is 0 Å². The van der Waals surface area contributed by atoms with Crippen molar-refractivity contribution in [1.82, 2.24) is 10.2 Å². The zero-order valence-corrected chi connectivity index (χ0v) is 17.7. The summed E-state index contributed by atoms with van der Waals surface area (Å²) in [6.45, 7) is 1.85. The summed E-state index contributed by atoms with van der Waals surface area (Å²) in [4.78, 5) is 43.2. The fourth-order valence-corrected chi connectivity index (χ4v) is 5.17. The molecule has 2 N–H and O–H groups in total. The zero-order chi connectivity index (χ0) is 22.2. The molecule has 31 heavy (non-hydrogen) atoms. The van der Waals surface area contributed by atoms with Crippen LogP contribution in [0.2, 0.25) is 0 Å². The van der Waals surface area contributed by atoms with Gasteiger partial charge >= 0.3 is 0 Å². The van der Waals surface area contributed by atoms with Gasteiger partial charge in [0, 0.05) is 31.7 Å². The summed E-state index contributed by atoms with van der Waals surface area (Å²) in [7, 11) is 1.57. The first-order chi connectivity index (χ1) is 14.9. The van der Waals surface area contributed by atoms with Crippen LogP contribution in [0.25, 0.3) is 0 Å². The number of amides is 3. The molecule has 0 radical (unpaired) electrons. The Bertz CT molecular complexity index is 1010. The van der Waals surface area contributed by atoms with E-state index in [2.05, 4.69) is 5.32 Å². The molecule has 1 saturated heterocycles. The summed E-state index contributed by atoms with van der Waals surface area (Å²) in [5.74, 6) is -1.66. The SMILES string of the molecule is CNC(=O)[C@H]1CN(C(=O)Cc2ccccc2)[C@]2(C)C(=O)N(CCO)c3ccccc3[C@H]12. The number of para-hydroxylation sites is 1. The Balaban J connectivity index is 1.82. The van der Waals surface area contributed by atoms with Crippen molar-refractivity contribution >= 4 is 23.4 Å². The zero-order valence-electron chi connectivity index (χ0n) is 17.7. The number of aliphatic hydroxyl groups excluding tert-OH is 1. The molecule has 162 valence electrons. The Morgan fingerprint density at radius 2 is 1.81 bits per heavy atom. The lowest BCUT2D eigenvalue weighted by Crippen LogP contribution is -2.62. The first kappa shape index (κ1) is 21.1. The van der Waals surface area contributed by atoms with Crippen molar-refractivity contribution in [2.45, 2.75) is 24.8 Å². The Morgan fingerprint density at radius 3 is 2.48 bits per heavy atom. The molecule has 0 aromatic heterocycles. The van der Waals surface area contributed by atoms with Crippen molar-refractivity contribution in [1.29, 1.82) is 0 Å². The number of β-amino-alcohol motifs (C(OH)–C–C–N with tert-alkyl or cyclic N) is 1. The number of nitrogens with zero attached hydrogens (tertiary/aromatic N) is 2. The van der Waals surface area contributed by atoms with E-state index in [4.69, 9.17) is 0 Å². The first-order valence-electron chi connectivity index (χ1n) is 10.5. The van der Waals surface area contributed by atoms with Crippen molar-refractivity contribution in [3.05, 3.63) is 65.7 Å². The van der Waals surface area contributed by atoms with Gasteiger partial charge in [0.15, 0.2) is 0 Å². The van der Waals surface area contributed by atoms with Crippen LogP contribution in [0.1, 0.15) is 24.0 Å². The molecule has 0 aliphatic carbocycles. The molecule has 2 aromatic rings. The van der Waals surface area contributed by atoms with Gasteiger partial charge in [-0.3, -0.25) is 14.4 Å². The highest BCUT2D eigenvalue weighted by molar-refractivity contribution is 6.07. The normalized spacial score (nSPS) is 24.5. The molecule has 2 aliphatic heterocycles. The van der Waals surface area contributed by atoms with E-state index < -0.39 is 17.4 Å². The number of likely N-dealkylation sites (tertiary alicyclic amines) is 1. The molecule has 4 rings (SSSR count). The van der Waals surface area contributed by atoms with Crippen LogP contribution in [0, 0.1) is 5.92 Å². The quantitative estimate of drug-likeness (QED) is 0.762. The van der Waals surface area contributed by atoms with Gasteiger partial charge in [-0.05, 0) is 24.1 Å². The van der Waals surface area contributed by atoms with Crippen molar-refractivity contribution in [2.24, 2.45) is 5.92 Å². The smallest absolute Gasteiger partial charge is 0.253 e. The Morgan fingerprint density at radius 1 is 1.13 bits per heavy atom. The second kappa shape index (κ2) is 8.15. The van der Waals surface area contributed by atoms with Gasteiger partial charge in [-0.25, -0.2) is 0 Å². The predicted octanol–water partition coefficient (Wildman–Crippen LogP) is 1.31. The number of nitrogens with one attached hydrogen (secondary N) is 1. The van der Waals surface area contributed by atoms with Crippen LogP contribution in [0.15, 0.2) is 54.6 Å². The molecular weight excluding hydrogens is 394 g/mol. The molecule has 2 aromatic carbocycles. The highest BCUT2D eigenvalue weighted by Gasteiger charge is 2.63. The molecule has 0 saturated carbocycles. The van der Waals surface area contributed by atoms with Gasteiger partial charge in [-0.1, -0.05) is 48.5 Å². The summed E-state index contributed by atoms with van der Waals surface area (Å²) in [6.07, 6.45) is 0.151. The lowest BCUT2D eigenvalue weighted by molar-refractivity contribution is -0.143. The number of hydrogen-bond acceptors (Lipinski definition) is 4. The molecule has 1 fully saturated rings.